The van der Waals surface area contributed by atoms with Gasteiger partial charge in [0.2, 0.25) is 0 Å². The van der Waals surface area contributed by atoms with Crippen LogP contribution in [0.15, 0.2) is 24.3 Å². The maximum Gasteiger partial charge on any atom is 0.120 e. The van der Waals surface area contributed by atoms with Crippen molar-refractivity contribution in [1.29, 1.82) is 0 Å². The van der Waals surface area contributed by atoms with Crippen molar-refractivity contribution in [2.75, 3.05) is 0 Å². The largest absolute Gasteiger partial charge is 0.508 e. The molecule has 0 heterocycles. The van der Waals surface area contributed by atoms with Gasteiger partial charge in [0.1, 0.15) is 5.75 Å². The Labute approximate surface area is 124 Å². The smallest absolute Gasteiger partial charge is 0.120 e. The van der Waals surface area contributed by atoms with Crippen LogP contribution in [0.2, 0.25) is 0 Å². The number of hydrogen-bond acceptors (Lipinski definition) is 2. The lowest BCUT2D eigenvalue weighted by Gasteiger charge is -2.19. The number of phenolic OH excluding ortho intramolecular Hbond substituents is 1. The summed E-state index contributed by atoms with van der Waals surface area (Å²) in [6, 6.07) is 8.21. The molecule has 0 aliphatic heterocycles. The highest BCUT2D eigenvalue weighted by molar-refractivity contribution is 5.31. The van der Waals surface area contributed by atoms with Crippen LogP contribution in [0.1, 0.15) is 70.8 Å². The summed E-state index contributed by atoms with van der Waals surface area (Å²) < 4.78 is 0. The predicted octanol–water partition coefficient (Wildman–Crippen LogP) is 5.01. The fourth-order valence-corrected chi connectivity index (χ4v) is 2.54. The molecular formula is C18H31NO. The van der Waals surface area contributed by atoms with Gasteiger partial charge in [-0.25, -0.2) is 0 Å². The average Bonchev–Trinajstić information content (AvgIpc) is 2.46. The van der Waals surface area contributed by atoms with Gasteiger partial charge >= 0.3 is 0 Å². The zero-order chi connectivity index (χ0) is 14.6. The molecule has 2 nitrogen and oxygen atoms in total. The Morgan fingerprint density at radius 1 is 0.950 bits per heavy atom. The first-order valence-electron chi connectivity index (χ1n) is 8.28. The van der Waals surface area contributed by atoms with E-state index in [-0.39, 0.29) is 0 Å². The molecule has 0 atom stereocenters. The zero-order valence-electron chi connectivity index (χ0n) is 13.2. The van der Waals surface area contributed by atoms with Crippen molar-refractivity contribution in [2.45, 2.75) is 77.8 Å². The van der Waals surface area contributed by atoms with Crippen LogP contribution in [0.3, 0.4) is 0 Å². The summed E-state index contributed by atoms with van der Waals surface area (Å²) in [6.45, 7) is 5.28. The van der Waals surface area contributed by atoms with Crippen molar-refractivity contribution in [2.24, 2.45) is 0 Å². The standard InChI is InChI=1S/C18H31NO/c1-3-5-7-12-17(13-8-6-4-2)19-15-16-11-9-10-14-18(16)20/h9-11,14,17,19-20H,3-8,12-13,15H2,1-2H3. The van der Waals surface area contributed by atoms with Crippen LogP contribution < -0.4 is 5.32 Å². The lowest BCUT2D eigenvalue weighted by molar-refractivity contribution is 0.409. The minimum Gasteiger partial charge on any atom is -0.508 e. The van der Waals surface area contributed by atoms with E-state index in [4.69, 9.17) is 0 Å². The van der Waals surface area contributed by atoms with Crippen LogP contribution in [-0.4, -0.2) is 11.1 Å². The summed E-state index contributed by atoms with van der Waals surface area (Å²) in [5.41, 5.74) is 1.00. The van der Waals surface area contributed by atoms with Gasteiger partial charge in [-0.15, -0.1) is 0 Å². The molecule has 2 heteroatoms. The minimum atomic E-state index is 0.404. The van der Waals surface area contributed by atoms with Gasteiger partial charge < -0.3 is 10.4 Å². The lowest BCUT2D eigenvalue weighted by atomic mass is 10.0. The number of nitrogens with one attached hydrogen (secondary N) is 1. The summed E-state index contributed by atoms with van der Waals surface area (Å²) in [6.07, 6.45) is 10.3. The molecule has 20 heavy (non-hydrogen) atoms. The maximum absolute atomic E-state index is 9.81. The number of aromatic hydroxyl groups is 1. The highest BCUT2D eigenvalue weighted by Gasteiger charge is 2.09. The number of hydrogen-bond donors (Lipinski definition) is 2. The molecule has 0 spiro atoms. The maximum atomic E-state index is 9.81. The lowest BCUT2D eigenvalue weighted by Crippen LogP contribution is -2.28. The predicted molar refractivity (Wildman–Crippen MR) is 87.0 cm³/mol. The summed E-state index contributed by atoms with van der Waals surface area (Å²) in [5.74, 6) is 0.404. The fraction of sp³-hybridized carbons (Fsp3) is 0.667. The monoisotopic (exact) mass is 277 g/mol. The Morgan fingerprint density at radius 2 is 1.55 bits per heavy atom. The molecule has 0 aliphatic carbocycles. The molecule has 0 saturated heterocycles. The van der Waals surface area contributed by atoms with Crippen LogP contribution in [-0.2, 0) is 6.54 Å². The molecule has 0 unspecified atom stereocenters. The molecule has 1 aromatic carbocycles. The van der Waals surface area contributed by atoms with Crippen molar-refractivity contribution in [1.82, 2.24) is 5.32 Å². The van der Waals surface area contributed by atoms with Gasteiger partial charge in [0.25, 0.3) is 0 Å². The van der Waals surface area contributed by atoms with Crippen molar-refractivity contribution in [3.05, 3.63) is 29.8 Å². The summed E-state index contributed by atoms with van der Waals surface area (Å²) in [7, 11) is 0. The van der Waals surface area contributed by atoms with E-state index in [1.165, 1.54) is 51.4 Å². The van der Waals surface area contributed by atoms with Crippen molar-refractivity contribution < 1.29 is 5.11 Å². The molecule has 0 fully saturated rings. The van der Waals surface area contributed by atoms with Gasteiger partial charge in [-0.05, 0) is 18.9 Å². The highest BCUT2D eigenvalue weighted by atomic mass is 16.3. The molecule has 0 aliphatic rings. The van der Waals surface area contributed by atoms with Crippen LogP contribution in [0, 0.1) is 0 Å². The molecular weight excluding hydrogens is 246 g/mol. The van der Waals surface area contributed by atoms with Crippen LogP contribution >= 0.6 is 0 Å². The number of unbranched alkanes of at least 4 members (excludes halogenated alkanes) is 4. The van der Waals surface area contributed by atoms with E-state index in [1.54, 1.807) is 6.07 Å². The second-order valence-corrected chi connectivity index (χ2v) is 5.70. The first-order valence-corrected chi connectivity index (χ1v) is 8.28. The van der Waals surface area contributed by atoms with Crippen molar-refractivity contribution in [3.63, 3.8) is 0 Å². The first kappa shape index (κ1) is 17.0. The van der Waals surface area contributed by atoms with Gasteiger partial charge in [0.05, 0.1) is 0 Å². The van der Waals surface area contributed by atoms with Crippen molar-refractivity contribution >= 4 is 0 Å². The Kier molecular flexibility index (Phi) is 9.14. The van der Waals surface area contributed by atoms with Gasteiger partial charge in [-0.2, -0.15) is 0 Å². The fourth-order valence-electron chi connectivity index (χ4n) is 2.54. The third-order valence-electron chi connectivity index (χ3n) is 3.89. The van der Waals surface area contributed by atoms with Crippen LogP contribution in [0.4, 0.5) is 0 Å². The number of benzene rings is 1. The number of rotatable bonds is 11. The van der Waals surface area contributed by atoms with E-state index < -0.39 is 0 Å². The third-order valence-corrected chi connectivity index (χ3v) is 3.89. The van der Waals surface area contributed by atoms with E-state index in [0.717, 1.165) is 12.1 Å². The van der Waals surface area contributed by atoms with E-state index >= 15 is 0 Å². The topological polar surface area (TPSA) is 32.3 Å². The molecule has 0 saturated carbocycles. The average molecular weight is 277 g/mol. The second kappa shape index (κ2) is 10.7. The second-order valence-electron chi connectivity index (χ2n) is 5.70. The van der Waals surface area contributed by atoms with Gasteiger partial charge in [-0.3, -0.25) is 0 Å². The van der Waals surface area contributed by atoms with Crippen LogP contribution in [0.5, 0.6) is 5.75 Å². The Morgan fingerprint density at radius 3 is 2.10 bits per heavy atom. The van der Waals surface area contributed by atoms with Gasteiger partial charge in [0.15, 0.2) is 0 Å². The van der Waals surface area contributed by atoms with Gasteiger partial charge in [-0.1, -0.05) is 70.6 Å². The molecule has 0 radical (unpaired) electrons. The molecule has 0 bridgehead atoms. The zero-order valence-corrected chi connectivity index (χ0v) is 13.2. The normalized spacial score (nSPS) is 11.2. The molecule has 1 aromatic rings. The quantitative estimate of drug-likeness (QED) is 0.557. The Balaban J connectivity index is 2.39. The van der Waals surface area contributed by atoms with E-state index in [0.29, 0.717) is 11.8 Å². The SMILES string of the molecule is CCCCCC(CCCCC)NCc1ccccc1O. The molecule has 0 aromatic heterocycles. The Hall–Kier alpha value is -1.02. The van der Waals surface area contributed by atoms with E-state index in [2.05, 4.69) is 19.2 Å². The molecule has 2 N–H and O–H groups in total. The molecule has 1 rings (SSSR count). The Bertz CT molecular complexity index is 341. The molecule has 114 valence electrons. The summed E-state index contributed by atoms with van der Waals surface area (Å²) in [5, 5.41) is 13.4. The molecule has 0 amide bonds. The summed E-state index contributed by atoms with van der Waals surface area (Å²) in [4.78, 5) is 0. The van der Waals surface area contributed by atoms with E-state index in [1.807, 2.05) is 18.2 Å². The number of phenols is 1. The highest BCUT2D eigenvalue weighted by Crippen LogP contribution is 2.17. The van der Waals surface area contributed by atoms with Crippen LogP contribution in [0.25, 0.3) is 0 Å². The van der Waals surface area contributed by atoms with Crippen molar-refractivity contribution in [3.8, 4) is 5.75 Å². The van der Waals surface area contributed by atoms with E-state index in [9.17, 15) is 5.11 Å². The minimum absolute atomic E-state index is 0.404. The summed E-state index contributed by atoms with van der Waals surface area (Å²) >= 11 is 0. The van der Waals surface area contributed by atoms with Gasteiger partial charge in [0, 0.05) is 18.2 Å². The first-order chi connectivity index (χ1) is 9.77. The number of para-hydroxylation sites is 1. The third kappa shape index (κ3) is 6.95.